The lowest BCUT2D eigenvalue weighted by Crippen LogP contribution is -2.14. The van der Waals surface area contributed by atoms with Gasteiger partial charge in [0.1, 0.15) is 5.82 Å². The highest BCUT2D eigenvalue weighted by Crippen LogP contribution is 2.23. The van der Waals surface area contributed by atoms with Crippen LogP contribution >= 0.6 is 31.9 Å². The van der Waals surface area contributed by atoms with E-state index in [0.717, 1.165) is 14.6 Å². The first-order chi connectivity index (χ1) is 14.0. The molecule has 0 spiro atoms. The molecular formula is C21H13Br2FN4O. The fraction of sp³-hybridized carbons (Fsp3) is 0. The van der Waals surface area contributed by atoms with Crippen molar-refractivity contribution >= 4 is 43.5 Å². The van der Waals surface area contributed by atoms with E-state index in [2.05, 4.69) is 47.3 Å². The summed E-state index contributed by atoms with van der Waals surface area (Å²) in [6.45, 7) is 0. The van der Waals surface area contributed by atoms with Crippen molar-refractivity contribution in [3.05, 3.63) is 93.4 Å². The average Bonchev–Trinajstić information content (AvgIpc) is 3.16. The van der Waals surface area contributed by atoms with Crippen LogP contribution in [-0.2, 0) is 0 Å². The molecule has 4 aromatic rings. The number of nitrogens with zero attached hydrogens (tertiary/aromatic N) is 3. The van der Waals surface area contributed by atoms with E-state index in [9.17, 15) is 9.18 Å². The summed E-state index contributed by atoms with van der Waals surface area (Å²) in [6.07, 6.45) is 0. The van der Waals surface area contributed by atoms with Crippen LogP contribution in [0.5, 0.6) is 0 Å². The quantitative estimate of drug-likeness (QED) is 0.371. The molecule has 1 heterocycles. The van der Waals surface area contributed by atoms with E-state index < -0.39 is 5.91 Å². The van der Waals surface area contributed by atoms with Gasteiger partial charge in [-0.3, -0.25) is 4.79 Å². The van der Waals surface area contributed by atoms with E-state index in [1.165, 1.54) is 12.1 Å². The molecule has 0 saturated heterocycles. The van der Waals surface area contributed by atoms with Gasteiger partial charge < -0.3 is 5.32 Å². The number of hydrogen-bond acceptors (Lipinski definition) is 3. The number of carbonyl (C=O) groups is 1. The van der Waals surface area contributed by atoms with Crippen LogP contribution in [0.15, 0.2) is 81.7 Å². The number of benzene rings is 3. The normalized spacial score (nSPS) is 10.7. The van der Waals surface area contributed by atoms with Crippen molar-refractivity contribution in [1.29, 1.82) is 0 Å². The molecule has 1 aromatic heterocycles. The van der Waals surface area contributed by atoms with Gasteiger partial charge in [-0.15, -0.1) is 5.10 Å². The summed E-state index contributed by atoms with van der Waals surface area (Å²) in [5.41, 5.74) is 1.99. The number of halogens is 3. The first-order valence-corrected chi connectivity index (χ1v) is 10.1. The van der Waals surface area contributed by atoms with Crippen LogP contribution in [-0.4, -0.2) is 20.7 Å². The first-order valence-electron chi connectivity index (χ1n) is 8.55. The number of nitrogens with one attached hydrogen (secondary N) is 1. The van der Waals surface area contributed by atoms with Crippen molar-refractivity contribution in [2.75, 3.05) is 5.32 Å². The molecule has 0 saturated carbocycles. The molecule has 0 aliphatic carbocycles. The van der Waals surface area contributed by atoms with Gasteiger partial charge in [-0.1, -0.05) is 31.9 Å². The van der Waals surface area contributed by atoms with Crippen LogP contribution in [0.1, 0.15) is 10.6 Å². The molecule has 1 N–H and O–H groups in total. The standard InChI is InChI=1S/C21H13Br2FN4O/c22-14-3-9-17(10-4-14)25-21(29)19-26-20(13-1-7-16(24)8-2-13)28(27-19)18-11-5-15(23)6-12-18/h1-12H,(H,25,29). The molecule has 0 unspecified atom stereocenters. The molecule has 5 nitrogen and oxygen atoms in total. The van der Waals surface area contributed by atoms with Gasteiger partial charge in [-0.25, -0.2) is 14.1 Å². The Morgan fingerprint density at radius 1 is 0.862 bits per heavy atom. The Morgan fingerprint density at radius 3 is 2.07 bits per heavy atom. The topological polar surface area (TPSA) is 59.8 Å². The second-order valence-electron chi connectivity index (χ2n) is 6.12. The lowest BCUT2D eigenvalue weighted by atomic mass is 10.2. The van der Waals surface area contributed by atoms with E-state index in [4.69, 9.17) is 0 Å². The van der Waals surface area contributed by atoms with Crippen LogP contribution < -0.4 is 5.32 Å². The third kappa shape index (κ3) is 4.44. The molecule has 0 bridgehead atoms. The van der Waals surface area contributed by atoms with Gasteiger partial charge in [0.25, 0.3) is 5.91 Å². The molecule has 0 atom stereocenters. The number of hydrogen-bond donors (Lipinski definition) is 1. The highest BCUT2D eigenvalue weighted by atomic mass is 79.9. The van der Waals surface area contributed by atoms with Crippen molar-refractivity contribution in [2.45, 2.75) is 0 Å². The third-order valence-corrected chi connectivity index (χ3v) is 5.14. The first kappa shape index (κ1) is 19.5. The number of carbonyl (C=O) groups excluding carboxylic acids is 1. The Bertz CT molecular complexity index is 1090. The highest BCUT2D eigenvalue weighted by Gasteiger charge is 2.19. The SMILES string of the molecule is O=C(Nc1ccc(Br)cc1)c1nc(-c2ccc(F)cc2)n(-c2ccc(Br)cc2)n1. The van der Waals surface area contributed by atoms with Crippen molar-refractivity contribution in [3.63, 3.8) is 0 Å². The minimum absolute atomic E-state index is 0.00941. The van der Waals surface area contributed by atoms with Gasteiger partial charge in [0.2, 0.25) is 5.82 Å². The molecule has 144 valence electrons. The number of amides is 1. The Hall–Kier alpha value is -2.84. The van der Waals surface area contributed by atoms with Crippen molar-refractivity contribution in [3.8, 4) is 17.1 Å². The Kier molecular flexibility index (Phi) is 5.55. The summed E-state index contributed by atoms with van der Waals surface area (Å²) in [6, 6.07) is 20.5. The highest BCUT2D eigenvalue weighted by molar-refractivity contribution is 9.10. The Morgan fingerprint density at radius 2 is 1.45 bits per heavy atom. The molecule has 0 aliphatic rings. The molecular weight excluding hydrogens is 503 g/mol. The van der Waals surface area contributed by atoms with Crippen LogP contribution in [0.3, 0.4) is 0 Å². The van der Waals surface area contributed by atoms with Gasteiger partial charge in [-0.05, 0) is 72.8 Å². The van der Waals surface area contributed by atoms with Crippen molar-refractivity contribution in [1.82, 2.24) is 14.8 Å². The molecule has 3 aromatic carbocycles. The van der Waals surface area contributed by atoms with Gasteiger partial charge in [-0.2, -0.15) is 0 Å². The van der Waals surface area contributed by atoms with Gasteiger partial charge in [0.15, 0.2) is 5.82 Å². The second-order valence-corrected chi connectivity index (χ2v) is 7.95. The zero-order chi connectivity index (χ0) is 20.4. The fourth-order valence-electron chi connectivity index (χ4n) is 2.68. The maximum atomic E-state index is 13.4. The fourth-order valence-corrected chi connectivity index (χ4v) is 3.21. The van der Waals surface area contributed by atoms with E-state index >= 15 is 0 Å². The van der Waals surface area contributed by atoms with Crippen LogP contribution in [0.25, 0.3) is 17.1 Å². The summed E-state index contributed by atoms with van der Waals surface area (Å²) >= 11 is 6.77. The summed E-state index contributed by atoms with van der Waals surface area (Å²) in [5, 5.41) is 7.18. The van der Waals surface area contributed by atoms with Crippen LogP contribution in [0, 0.1) is 5.82 Å². The molecule has 8 heteroatoms. The molecule has 4 rings (SSSR count). The summed E-state index contributed by atoms with van der Waals surface area (Å²) in [5.74, 6) is -0.341. The maximum Gasteiger partial charge on any atom is 0.295 e. The molecule has 0 fully saturated rings. The molecule has 29 heavy (non-hydrogen) atoms. The van der Waals surface area contributed by atoms with Crippen LogP contribution in [0.2, 0.25) is 0 Å². The van der Waals surface area contributed by atoms with E-state index in [1.54, 1.807) is 28.9 Å². The summed E-state index contributed by atoms with van der Waals surface area (Å²) in [7, 11) is 0. The molecule has 0 aliphatic heterocycles. The van der Waals surface area contributed by atoms with E-state index in [-0.39, 0.29) is 11.6 Å². The van der Waals surface area contributed by atoms with E-state index in [0.29, 0.717) is 17.1 Å². The molecule has 1 amide bonds. The number of anilines is 1. The van der Waals surface area contributed by atoms with Crippen LogP contribution in [0.4, 0.5) is 10.1 Å². The second kappa shape index (κ2) is 8.26. The predicted octanol–water partition coefficient (Wildman–Crippen LogP) is 5.85. The zero-order valence-electron chi connectivity index (χ0n) is 14.8. The Labute approximate surface area is 182 Å². The van der Waals surface area contributed by atoms with E-state index in [1.807, 2.05) is 36.4 Å². The maximum absolute atomic E-state index is 13.4. The number of aromatic nitrogens is 3. The minimum Gasteiger partial charge on any atom is -0.319 e. The smallest absolute Gasteiger partial charge is 0.295 e. The summed E-state index contributed by atoms with van der Waals surface area (Å²) < 4.78 is 16.7. The monoisotopic (exact) mass is 514 g/mol. The average molecular weight is 516 g/mol. The minimum atomic E-state index is -0.438. The lowest BCUT2D eigenvalue weighted by molar-refractivity contribution is 0.101. The Balaban J connectivity index is 1.74. The summed E-state index contributed by atoms with van der Waals surface area (Å²) in [4.78, 5) is 17.1. The largest absolute Gasteiger partial charge is 0.319 e. The predicted molar refractivity (Wildman–Crippen MR) is 117 cm³/mol. The zero-order valence-corrected chi connectivity index (χ0v) is 18.0. The number of rotatable bonds is 4. The third-order valence-electron chi connectivity index (χ3n) is 4.09. The lowest BCUT2D eigenvalue weighted by Gasteiger charge is -2.06. The van der Waals surface area contributed by atoms with Crippen molar-refractivity contribution < 1.29 is 9.18 Å². The van der Waals surface area contributed by atoms with Crippen molar-refractivity contribution in [2.24, 2.45) is 0 Å². The van der Waals surface area contributed by atoms with Gasteiger partial charge in [0, 0.05) is 20.2 Å². The molecule has 0 radical (unpaired) electrons. The van der Waals surface area contributed by atoms with Gasteiger partial charge in [0.05, 0.1) is 5.69 Å². The van der Waals surface area contributed by atoms with Gasteiger partial charge >= 0.3 is 0 Å².